The number of fused-ring (bicyclic) bond motifs is 1. The van der Waals surface area contributed by atoms with Gasteiger partial charge in [0.2, 0.25) is 5.91 Å². The lowest BCUT2D eigenvalue weighted by Crippen LogP contribution is -2.63. The molecule has 28 heteroatoms. The number of hydrogen-bond acceptors (Lipinski definition) is 13. The number of pyridine rings is 1. The summed E-state index contributed by atoms with van der Waals surface area (Å²) >= 11 is 0. The molecule has 430 valence electrons. The number of carbonyl (C=O) groups is 4. The van der Waals surface area contributed by atoms with Crippen LogP contribution >= 0.6 is 0 Å². The van der Waals surface area contributed by atoms with Gasteiger partial charge in [0.1, 0.15) is 29.5 Å². The van der Waals surface area contributed by atoms with Gasteiger partial charge < -0.3 is 40.2 Å². The Labute approximate surface area is 447 Å². The van der Waals surface area contributed by atoms with Gasteiger partial charge in [0.05, 0.1) is 62.1 Å². The summed E-state index contributed by atoms with van der Waals surface area (Å²) in [6.07, 6.45) is -13.6. The van der Waals surface area contributed by atoms with E-state index in [0.717, 1.165) is 58.5 Å². The number of rotatable bonds is 18. The summed E-state index contributed by atoms with van der Waals surface area (Å²) in [7, 11) is 1.60. The molecule has 2 aliphatic rings. The van der Waals surface area contributed by atoms with Gasteiger partial charge in [-0.05, 0) is 82.1 Å². The van der Waals surface area contributed by atoms with Gasteiger partial charge in [-0.3, -0.25) is 19.9 Å². The second-order valence-corrected chi connectivity index (χ2v) is 19.8. The number of anilines is 1. The molecule has 4 amide bonds. The van der Waals surface area contributed by atoms with Crippen molar-refractivity contribution in [2.24, 2.45) is 10.8 Å². The second kappa shape index (κ2) is 25.3. The molecule has 2 fully saturated rings. The molecular weight excluding hydrogens is 1070 g/mol. The van der Waals surface area contributed by atoms with Crippen LogP contribution in [-0.4, -0.2) is 157 Å². The molecule has 0 aliphatic carbocycles. The fourth-order valence-electron chi connectivity index (χ4n) is 8.52. The standard InChI is InChI=1S/C51H58F10N10O8/c1-48(2,50(56,57)58)41(64-46(75)77-5)43(73)63-38(21-30-10-7-29(8-11-30)9-12-31-13-14-40(62-24-31)69-18-17-68-19-20-79-28-33(68)25-69)39(72)27-70(67-44(74)42(65-47(76)78-6)49(3,4)51(59,60)61)26-34-35(52)22-32(23-36(34)53)37-15-16-71(66-37)45(54)55/h7-8,10-11,13-16,22-24,33,38-39,41-42,45,72H,17-21,25-28H2,1-6H3,(H,63,73)(H,64,75)(H,65,76)(H,67,74)/t33-,38+,39+,41-,42-/m1/s1. The fraction of sp³-hybridized carbons (Fsp3) is 0.490. The number of alkyl carbamates (subject to hydrolysis) is 2. The van der Waals surface area contributed by atoms with Gasteiger partial charge >= 0.3 is 31.1 Å². The number of aromatic nitrogens is 3. The van der Waals surface area contributed by atoms with Gasteiger partial charge in [0, 0.05) is 73.9 Å². The van der Waals surface area contributed by atoms with E-state index >= 15 is 8.78 Å². The number of carbonyl (C=O) groups excluding carboxylic acids is 4. The summed E-state index contributed by atoms with van der Waals surface area (Å²) in [5.41, 5.74) is -4.46. The summed E-state index contributed by atoms with van der Waals surface area (Å²) in [5, 5.41) is 22.0. The zero-order valence-corrected chi connectivity index (χ0v) is 43.4. The number of piperazine rings is 1. The second-order valence-electron chi connectivity index (χ2n) is 19.8. The van der Waals surface area contributed by atoms with Gasteiger partial charge in [0.25, 0.3) is 5.91 Å². The van der Waals surface area contributed by atoms with E-state index in [1.165, 1.54) is 24.3 Å². The Balaban J connectivity index is 1.33. The van der Waals surface area contributed by atoms with Crippen LogP contribution in [0, 0.1) is 34.3 Å². The van der Waals surface area contributed by atoms with Crippen LogP contribution in [0.2, 0.25) is 0 Å². The number of alkyl halides is 8. The highest BCUT2D eigenvalue weighted by Crippen LogP contribution is 2.42. The number of morpholine rings is 1. The number of ether oxygens (including phenoxy) is 3. The Morgan fingerprint density at radius 2 is 1.39 bits per heavy atom. The molecule has 79 heavy (non-hydrogen) atoms. The van der Waals surface area contributed by atoms with Gasteiger partial charge in [-0.2, -0.15) is 40.2 Å². The first-order valence-corrected chi connectivity index (χ1v) is 24.3. The Morgan fingerprint density at radius 3 is 1.94 bits per heavy atom. The molecule has 4 heterocycles. The summed E-state index contributed by atoms with van der Waals surface area (Å²) in [6, 6.07) is 5.47. The van der Waals surface area contributed by atoms with E-state index in [2.05, 4.69) is 46.5 Å². The SMILES string of the molecule is COC(=O)N[C@H](C(=O)N[C@@H](Cc1ccc(C#Cc2ccc(N3CCN4CCOC[C@H]4C3)nc2)cc1)[C@@H](O)CN(Cc1c(F)cc(-c2ccn(C(F)F)n2)cc1F)NC(=O)[C@@H](NC(=O)OC)C(C)(C)C(F)(F)F)C(C)(C)C(F)(F)F. The normalized spacial score (nSPS) is 16.9. The highest BCUT2D eigenvalue weighted by atomic mass is 19.4. The van der Waals surface area contributed by atoms with Crippen molar-refractivity contribution >= 4 is 29.8 Å². The maximum Gasteiger partial charge on any atom is 0.407 e. The molecule has 2 aromatic carbocycles. The first-order valence-electron chi connectivity index (χ1n) is 24.3. The Morgan fingerprint density at radius 1 is 0.810 bits per heavy atom. The van der Waals surface area contributed by atoms with Crippen LogP contribution in [0.25, 0.3) is 11.3 Å². The monoisotopic (exact) mass is 1130 g/mol. The largest absolute Gasteiger partial charge is 0.453 e. The highest BCUT2D eigenvalue weighted by Gasteiger charge is 2.57. The minimum absolute atomic E-state index is 0.197. The van der Waals surface area contributed by atoms with Crippen molar-refractivity contribution in [1.29, 1.82) is 0 Å². The number of nitrogens with zero attached hydrogens (tertiary/aromatic N) is 6. The molecule has 2 aromatic heterocycles. The third-order valence-electron chi connectivity index (χ3n) is 13.7. The predicted octanol–water partition coefficient (Wildman–Crippen LogP) is 6.09. The predicted molar refractivity (Wildman–Crippen MR) is 262 cm³/mol. The van der Waals surface area contributed by atoms with Crippen LogP contribution in [0.5, 0.6) is 0 Å². The van der Waals surface area contributed by atoms with Crippen LogP contribution in [-0.2, 0) is 36.8 Å². The lowest BCUT2D eigenvalue weighted by Gasteiger charge is -2.44. The fourth-order valence-corrected chi connectivity index (χ4v) is 8.52. The lowest BCUT2D eigenvalue weighted by atomic mass is 9.82. The molecule has 4 aromatic rings. The van der Waals surface area contributed by atoms with Crippen molar-refractivity contribution in [3.05, 3.63) is 101 Å². The molecule has 5 N–H and O–H groups in total. The number of halogens is 10. The van der Waals surface area contributed by atoms with Crippen molar-refractivity contribution < 1.29 is 82.4 Å². The average Bonchev–Trinajstić information content (AvgIpc) is 3.93. The van der Waals surface area contributed by atoms with E-state index in [4.69, 9.17) is 4.74 Å². The van der Waals surface area contributed by atoms with Crippen molar-refractivity contribution in [1.82, 2.24) is 46.0 Å². The van der Waals surface area contributed by atoms with Crippen LogP contribution in [0.3, 0.4) is 0 Å². The summed E-state index contributed by atoms with van der Waals surface area (Å²) in [4.78, 5) is 61.9. The van der Waals surface area contributed by atoms with Crippen molar-refractivity contribution in [3.63, 3.8) is 0 Å². The van der Waals surface area contributed by atoms with Crippen LogP contribution in [0.1, 0.15) is 56.5 Å². The van der Waals surface area contributed by atoms with Crippen molar-refractivity contribution in [2.75, 3.05) is 65.1 Å². The highest BCUT2D eigenvalue weighted by molar-refractivity contribution is 5.87. The number of hydrazine groups is 1. The minimum atomic E-state index is -5.23. The number of nitrogens with one attached hydrogen (secondary N) is 4. The topological polar surface area (TPSA) is 205 Å². The summed E-state index contributed by atoms with van der Waals surface area (Å²) < 4.78 is 161. The zero-order chi connectivity index (χ0) is 58.2. The zero-order valence-electron chi connectivity index (χ0n) is 43.4. The first-order chi connectivity index (χ1) is 37.0. The number of aliphatic hydroxyl groups is 1. The quantitative estimate of drug-likeness (QED) is 0.0436. The van der Waals surface area contributed by atoms with Gasteiger partial charge in [-0.15, -0.1) is 0 Å². The Bertz CT molecular complexity index is 2820. The molecule has 0 saturated carbocycles. The first kappa shape index (κ1) is 61.0. The lowest BCUT2D eigenvalue weighted by molar-refractivity contribution is -0.221. The van der Waals surface area contributed by atoms with E-state index in [0.29, 0.717) is 69.2 Å². The molecule has 2 saturated heterocycles. The molecule has 6 rings (SSSR count). The van der Waals surface area contributed by atoms with Gasteiger partial charge in [-0.1, -0.05) is 24.0 Å². The number of amides is 4. The van der Waals surface area contributed by atoms with Crippen LogP contribution in [0.4, 0.5) is 59.3 Å². The van der Waals surface area contributed by atoms with E-state index in [1.807, 2.05) is 16.8 Å². The maximum absolute atomic E-state index is 16.0. The third kappa shape index (κ3) is 15.1. The number of benzene rings is 2. The van der Waals surface area contributed by atoms with E-state index < -0.39 is 115 Å². The van der Waals surface area contributed by atoms with E-state index in [9.17, 15) is 59.4 Å². The smallest absolute Gasteiger partial charge is 0.407 e. The molecular formula is C51H58F10N10O8. The van der Waals surface area contributed by atoms with Crippen LogP contribution < -0.4 is 26.3 Å². The molecule has 0 spiro atoms. The molecule has 0 bridgehead atoms. The minimum Gasteiger partial charge on any atom is -0.453 e. The average molecular weight is 1130 g/mol. The summed E-state index contributed by atoms with van der Waals surface area (Å²) in [5.74, 6) is 0.679. The molecule has 18 nitrogen and oxygen atoms in total. The number of hydrogen-bond donors (Lipinski definition) is 5. The van der Waals surface area contributed by atoms with Crippen molar-refractivity contribution in [3.8, 4) is 23.1 Å². The molecule has 0 radical (unpaired) electrons. The number of methoxy groups -OCH3 is 2. The van der Waals surface area contributed by atoms with Gasteiger partial charge in [-0.25, -0.2) is 33.0 Å². The molecule has 2 aliphatic heterocycles. The van der Waals surface area contributed by atoms with Gasteiger partial charge in [0.15, 0.2) is 0 Å². The van der Waals surface area contributed by atoms with Crippen LogP contribution in [0.15, 0.2) is 67.0 Å². The maximum atomic E-state index is 16.0. The Kier molecular flexibility index (Phi) is 19.5. The third-order valence-corrected chi connectivity index (χ3v) is 13.7. The number of aliphatic hydroxyl groups excluding tert-OH is 1. The van der Waals surface area contributed by atoms with Crippen molar-refractivity contribution in [2.45, 2.75) is 89.8 Å². The Hall–Kier alpha value is -7.22. The van der Waals surface area contributed by atoms with E-state index in [-0.39, 0.29) is 27.5 Å². The summed E-state index contributed by atoms with van der Waals surface area (Å²) in [6.45, 7) is 1.45. The van der Waals surface area contributed by atoms with E-state index in [1.54, 1.807) is 17.6 Å². The molecule has 5 atom stereocenters. The molecule has 0 unspecified atom stereocenters.